The Balaban J connectivity index is 1.69. The third-order valence-corrected chi connectivity index (χ3v) is 4.92. The van der Waals surface area contributed by atoms with E-state index in [9.17, 15) is 9.18 Å². The Labute approximate surface area is 150 Å². The lowest BCUT2D eigenvalue weighted by Gasteiger charge is -2.24. The van der Waals surface area contributed by atoms with Crippen molar-refractivity contribution >= 4 is 5.91 Å². The third kappa shape index (κ3) is 2.69. The van der Waals surface area contributed by atoms with Crippen LogP contribution in [0.4, 0.5) is 4.39 Å². The van der Waals surface area contributed by atoms with Crippen molar-refractivity contribution in [3.05, 3.63) is 58.9 Å². The van der Waals surface area contributed by atoms with E-state index in [1.54, 1.807) is 12.1 Å². The molecule has 0 bridgehead atoms. The van der Waals surface area contributed by atoms with Crippen LogP contribution >= 0.6 is 0 Å². The molecule has 2 aromatic heterocycles. The van der Waals surface area contributed by atoms with Gasteiger partial charge in [0.2, 0.25) is 0 Å². The van der Waals surface area contributed by atoms with Gasteiger partial charge < -0.3 is 9.42 Å². The molecule has 0 radical (unpaired) electrons. The van der Waals surface area contributed by atoms with E-state index in [-0.39, 0.29) is 17.8 Å². The van der Waals surface area contributed by atoms with Crippen molar-refractivity contribution in [2.24, 2.45) is 0 Å². The van der Waals surface area contributed by atoms with Gasteiger partial charge in [-0.3, -0.25) is 9.89 Å². The zero-order valence-electron chi connectivity index (χ0n) is 14.6. The molecule has 0 saturated carbocycles. The molecule has 1 amide bonds. The molecule has 1 unspecified atom stereocenters. The van der Waals surface area contributed by atoms with E-state index in [1.165, 1.54) is 18.3 Å². The summed E-state index contributed by atoms with van der Waals surface area (Å²) in [6.45, 7) is 4.41. The van der Waals surface area contributed by atoms with Gasteiger partial charge in [0, 0.05) is 17.7 Å². The van der Waals surface area contributed by atoms with Crippen molar-refractivity contribution in [3.8, 4) is 11.3 Å². The van der Waals surface area contributed by atoms with Crippen LogP contribution < -0.4 is 0 Å². The van der Waals surface area contributed by atoms with Gasteiger partial charge >= 0.3 is 0 Å². The van der Waals surface area contributed by atoms with E-state index in [0.717, 1.165) is 29.9 Å². The number of halogens is 1. The quantitative estimate of drug-likeness (QED) is 0.776. The Morgan fingerprint density at radius 1 is 1.38 bits per heavy atom. The first-order valence-electron chi connectivity index (χ1n) is 8.59. The fourth-order valence-electron chi connectivity index (χ4n) is 3.74. The first-order valence-corrected chi connectivity index (χ1v) is 8.59. The Hall–Kier alpha value is -2.96. The largest absolute Gasteiger partial charge is 0.361 e. The number of rotatable bonds is 3. The van der Waals surface area contributed by atoms with Gasteiger partial charge in [0.1, 0.15) is 11.6 Å². The maximum absolute atomic E-state index is 13.6. The fourth-order valence-corrected chi connectivity index (χ4v) is 3.74. The van der Waals surface area contributed by atoms with E-state index in [4.69, 9.17) is 4.52 Å². The Morgan fingerprint density at radius 3 is 2.96 bits per heavy atom. The van der Waals surface area contributed by atoms with Crippen LogP contribution in [0.3, 0.4) is 0 Å². The highest BCUT2D eigenvalue weighted by atomic mass is 19.1. The number of hydrogen-bond acceptors (Lipinski definition) is 4. The molecule has 3 heterocycles. The van der Waals surface area contributed by atoms with Gasteiger partial charge in [-0.05, 0) is 38.8 Å². The summed E-state index contributed by atoms with van der Waals surface area (Å²) in [5.74, 6) is 0.260. The summed E-state index contributed by atoms with van der Waals surface area (Å²) in [4.78, 5) is 15.1. The number of hydrogen-bond donors (Lipinski definition) is 1. The minimum atomic E-state index is -0.356. The molecule has 1 aliphatic heterocycles. The number of nitrogens with one attached hydrogen (secondary N) is 1. The molecule has 7 heteroatoms. The minimum absolute atomic E-state index is 0.0657. The van der Waals surface area contributed by atoms with Crippen LogP contribution in [0.15, 0.2) is 35.0 Å². The SMILES string of the molecule is Cc1noc(C)c1C1CCCN1C(=O)c1cn[nH]c1-c1cccc(F)c1. The van der Waals surface area contributed by atoms with Crippen molar-refractivity contribution in [1.29, 1.82) is 0 Å². The molecule has 3 aromatic rings. The highest BCUT2D eigenvalue weighted by molar-refractivity contribution is 6.00. The summed E-state index contributed by atoms with van der Waals surface area (Å²) in [6.07, 6.45) is 3.28. The monoisotopic (exact) mass is 354 g/mol. The maximum atomic E-state index is 13.6. The van der Waals surface area contributed by atoms with E-state index < -0.39 is 0 Å². The summed E-state index contributed by atoms with van der Waals surface area (Å²) in [5, 5.41) is 10.9. The summed E-state index contributed by atoms with van der Waals surface area (Å²) in [5.41, 5.74) is 3.35. The van der Waals surface area contributed by atoms with Crippen LogP contribution in [-0.4, -0.2) is 32.7 Å². The average molecular weight is 354 g/mol. The molecule has 1 saturated heterocycles. The molecule has 0 aliphatic carbocycles. The predicted molar refractivity (Wildman–Crippen MR) is 93.0 cm³/mol. The van der Waals surface area contributed by atoms with Crippen LogP contribution in [0, 0.1) is 19.7 Å². The zero-order chi connectivity index (χ0) is 18.3. The van der Waals surface area contributed by atoms with Crippen LogP contribution in [-0.2, 0) is 0 Å². The van der Waals surface area contributed by atoms with E-state index in [2.05, 4.69) is 15.4 Å². The lowest BCUT2D eigenvalue weighted by atomic mass is 10.0. The number of amides is 1. The number of carbonyl (C=O) groups excluding carboxylic acids is 1. The summed E-state index contributed by atoms with van der Waals surface area (Å²) in [7, 11) is 0. The molecule has 1 fully saturated rings. The number of aromatic amines is 1. The highest BCUT2D eigenvalue weighted by Crippen LogP contribution is 2.37. The van der Waals surface area contributed by atoms with Gasteiger partial charge in [-0.15, -0.1) is 0 Å². The van der Waals surface area contributed by atoms with Gasteiger partial charge in [0.15, 0.2) is 0 Å². The number of carbonyl (C=O) groups is 1. The van der Waals surface area contributed by atoms with E-state index in [0.29, 0.717) is 23.4 Å². The van der Waals surface area contributed by atoms with Gasteiger partial charge in [0.25, 0.3) is 5.91 Å². The molecule has 1 atom stereocenters. The maximum Gasteiger partial charge on any atom is 0.258 e. The van der Waals surface area contributed by atoms with Crippen molar-refractivity contribution in [2.45, 2.75) is 32.7 Å². The molecule has 4 rings (SSSR count). The Kier molecular flexibility index (Phi) is 4.06. The average Bonchev–Trinajstić information content (AvgIpc) is 3.34. The van der Waals surface area contributed by atoms with E-state index in [1.807, 2.05) is 18.7 Å². The standard InChI is InChI=1S/C19H19FN4O2/c1-11-17(12(2)26-23-11)16-7-4-8-24(16)19(25)15-10-21-22-18(15)13-5-3-6-14(20)9-13/h3,5-6,9-10,16H,4,7-8H2,1-2H3,(H,21,22). The van der Waals surface area contributed by atoms with Crippen molar-refractivity contribution < 1.29 is 13.7 Å². The molecule has 1 aliphatic rings. The number of H-pyrrole nitrogens is 1. The number of aryl methyl sites for hydroxylation is 2. The smallest absolute Gasteiger partial charge is 0.258 e. The number of aromatic nitrogens is 3. The lowest BCUT2D eigenvalue weighted by Crippen LogP contribution is -2.31. The fraction of sp³-hybridized carbons (Fsp3) is 0.316. The zero-order valence-corrected chi connectivity index (χ0v) is 14.6. The molecular weight excluding hydrogens is 335 g/mol. The lowest BCUT2D eigenvalue weighted by molar-refractivity contribution is 0.0735. The number of nitrogens with zero attached hydrogens (tertiary/aromatic N) is 3. The second kappa shape index (κ2) is 6.40. The molecule has 6 nitrogen and oxygen atoms in total. The minimum Gasteiger partial charge on any atom is -0.361 e. The van der Waals surface area contributed by atoms with Gasteiger partial charge in [-0.25, -0.2) is 4.39 Å². The van der Waals surface area contributed by atoms with E-state index >= 15 is 0 Å². The molecular formula is C19H19FN4O2. The summed E-state index contributed by atoms with van der Waals surface area (Å²) >= 11 is 0. The first kappa shape index (κ1) is 16.5. The summed E-state index contributed by atoms with van der Waals surface area (Å²) in [6, 6.07) is 6.06. The number of likely N-dealkylation sites (tertiary alicyclic amines) is 1. The topological polar surface area (TPSA) is 75.0 Å². The third-order valence-electron chi connectivity index (χ3n) is 4.92. The van der Waals surface area contributed by atoms with Crippen LogP contribution in [0.1, 0.15) is 46.3 Å². The van der Waals surface area contributed by atoms with Crippen LogP contribution in [0.5, 0.6) is 0 Å². The van der Waals surface area contributed by atoms with Crippen molar-refractivity contribution in [2.75, 3.05) is 6.54 Å². The highest BCUT2D eigenvalue weighted by Gasteiger charge is 2.35. The second-order valence-corrected chi connectivity index (χ2v) is 6.56. The van der Waals surface area contributed by atoms with Gasteiger partial charge in [0.05, 0.1) is 29.2 Å². The second-order valence-electron chi connectivity index (χ2n) is 6.56. The first-order chi connectivity index (χ1) is 12.6. The van der Waals surface area contributed by atoms with Crippen LogP contribution in [0.25, 0.3) is 11.3 Å². The molecule has 134 valence electrons. The van der Waals surface area contributed by atoms with Crippen molar-refractivity contribution in [1.82, 2.24) is 20.3 Å². The summed E-state index contributed by atoms with van der Waals surface area (Å²) < 4.78 is 18.9. The van der Waals surface area contributed by atoms with Crippen molar-refractivity contribution in [3.63, 3.8) is 0 Å². The predicted octanol–water partition coefficient (Wildman–Crippen LogP) is 3.80. The molecule has 1 aromatic carbocycles. The normalized spacial score (nSPS) is 17.0. The van der Waals surface area contributed by atoms with Gasteiger partial charge in [-0.2, -0.15) is 5.10 Å². The Morgan fingerprint density at radius 2 is 2.23 bits per heavy atom. The molecule has 0 spiro atoms. The molecule has 1 N–H and O–H groups in total. The Bertz CT molecular complexity index is 943. The van der Waals surface area contributed by atoms with Gasteiger partial charge in [-0.1, -0.05) is 17.3 Å². The molecule has 26 heavy (non-hydrogen) atoms. The van der Waals surface area contributed by atoms with Crippen LogP contribution in [0.2, 0.25) is 0 Å². The number of benzene rings is 1.